The van der Waals surface area contributed by atoms with E-state index in [0.29, 0.717) is 40.5 Å². The minimum absolute atomic E-state index is 0.0308. The van der Waals surface area contributed by atoms with Crippen molar-refractivity contribution >= 4 is 40.5 Å². The molecule has 11 heteroatoms. The first kappa shape index (κ1) is 27.4. The summed E-state index contributed by atoms with van der Waals surface area (Å²) in [6.07, 6.45) is 6.31. The lowest BCUT2D eigenvalue weighted by Crippen LogP contribution is -2.43. The number of fused-ring (bicyclic) bond motifs is 2. The molecule has 3 aromatic rings. The number of rotatable bonds is 7. The number of aryl methyl sites for hydroxylation is 1. The van der Waals surface area contributed by atoms with Gasteiger partial charge < -0.3 is 29.4 Å². The molecular formula is C31H33N6O5+. The van der Waals surface area contributed by atoms with Crippen molar-refractivity contribution < 1.29 is 28.7 Å². The number of aliphatic hydroxyl groups excluding tert-OH is 1. The molecule has 1 aromatic heterocycles. The molecule has 0 saturated carbocycles. The third kappa shape index (κ3) is 4.38. The van der Waals surface area contributed by atoms with Crippen molar-refractivity contribution in [1.82, 2.24) is 9.47 Å². The van der Waals surface area contributed by atoms with Crippen molar-refractivity contribution in [1.29, 1.82) is 0 Å². The zero-order chi connectivity index (χ0) is 29.6. The summed E-state index contributed by atoms with van der Waals surface area (Å²) in [5.74, 6) is 1.46. The van der Waals surface area contributed by atoms with Crippen LogP contribution in [0.3, 0.4) is 0 Å². The highest BCUT2D eigenvalue weighted by atomic mass is 16.5. The number of quaternary nitrogens is 1. The molecular weight excluding hydrogens is 536 g/mol. The first-order valence-electron chi connectivity index (χ1n) is 13.7. The third-order valence-corrected chi connectivity index (χ3v) is 8.35. The summed E-state index contributed by atoms with van der Waals surface area (Å²) in [5, 5.41) is 13.2. The van der Waals surface area contributed by atoms with Crippen LogP contribution >= 0.6 is 0 Å². The molecule has 2 atom stereocenters. The fraction of sp³-hybridized carbons (Fsp3) is 0.290. The summed E-state index contributed by atoms with van der Waals surface area (Å²) in [6.45, 7) is 0.581. The number of hydrogen-bond donors (Lipinski definition) is 2. The first-order valence-corrected chi connectivity index (χ1v) is 13.7. The average molecular weight is 570 g/mol. The number of aliphatic imine (C=N–C) groups is 2. The minimum atomic E-state index is -0.498. The number of amides is 2. The van der Waals surface area contributed by atoms with Gasteiger partial charge in [0.1, 0.15) is 35.7 Å². The Labute approximate surface area is 243 Å². The van der Waals surface area contributed by atoms with Crippen LogP contribution in [0.15, 0.2) is 76.2 Å². The van der Waals surface area contributed by atoms with Crippen molar-refractivity contribution in [2.45, 2.75) is 6.42 Å². The Morgan fingerprint density at radius 1 is 1.14 bits per heavy atom. The number of methoxy groups -OCH3 is 2. The lowest BCUT2D eigenvalue weighted by atomic mass is 10.0. The maximum atomic E-state index is 13.4. The molecule has 0 spiro atoms. The number of carbonyl (C=O) groups is 2. The molecule has 2 amide bonds. The fourth-order valence-corrected chi connectivity index (χ4v) is 6.04. The smallest absolute Gasteiger partial charge is 0.272 e. The molecule has 3 aliphatic rings. The van der Waals surface area contributed by atoms with E-state index in [1.165, 1.54) is 0 Å². The SMILES string of the molecule is COc1cc(C2=NC(C3CCN(C(=O)CO)C3)=C3C=NC=C[N+]23C)ccc1NC(=O)c1cc2c(OC)cccc2n1C. The van der Waals surface area contributed by atoms with E-state index >= 15 is 0 Å². The van der Waals surface area contributed by atoms with Crippen LogP contribution in [0.2, 0.25) is 0 Å². The summed E-state index contributed by atoms with van der Waals surface area (Å²) < 4.78 is 13.4. The maximum Gasteiger partial charge on any atom is 0.272 e. The number of carbonyl (C=O) groups excluding carboxylic acids is 2. The number of nitrogens with one attached hydrogen (secondary N) is 1. The van der Waals surface area contributed by atoms with E-state index in [4.69, 9.17) is 14.5 Å². The lowest BCUT2D eigenvalue weighted by molar-refractivity contribution is -0.713. The molecule has 2 unspecified atom stereocenters. The monoisotopic (exact) mass is 569 g/mol. The topological polar surface area (TPSA) is 118 Å². The van der Waals surface area contributed by atoms with Crippen molar-refractivity contribution in [3.8, 4) is 11.5 Å². The highest BCUT2D eigenvalue weighted by Crippen LogP contribution is 2.40. The number of amidine groups is 1. The van der Waals surface area contributed by atoms with E-state index in [-0.39, 0.29) is 17.7 Å². The van der Waals surface area contributed by atoms with E-state index in [9.17, 15) is 14.7 Å². The van der Waals surface area contributed by atoms with Crippen LogP contribution in [-0.2, 0) is 11.8 Å². The summed E-state index contributed by atoms with van der Waals surface area (Å²) >= 11 is 0. The van der Waals surface area contributed by atoms with Gasteiger partial charge in [-0.1, -0.05) is 6.07 Å². The van der Waals surface area contributed by atoms with Gasteiger partial charge in [-0.05, 0) is 42.8 Å². The lowest BCUT2D eigenvalue weighted by Gasteiger charge is -2.28. The van der Waals surface area contributed by atoms with Crippen LogP contribution in [0, 0.1) is 5.92 Å². The van der Waals surface area contributed by atoms with Crippen LogP contribution in [-0.4, -0.2) is 83.9 Å². The molecule has 3 aliphatic heterocycles. The van der Waals surface area contributed by atoms with E-state index in [1.807, 2.05) is 73.5 Å². The fourth-order valence-electron chi connectivity index (χ4n) is 6.04. The largest absolute Gasteiger partial charge is 0.496 e. The van der Waals surface area contributed by atoms with Crippen molar-refractivity contribution in [2.24, 2.45) is 23.0 Å². The van der Waals surface area contributed by atoms with Gasteiger partial charge in [-0.25, -0.2) is 4.48 Å². The van der Waals surface area contributed by atoms with Gasteiger partial charge in [-0.15, -0.1) is 0 Å². The number of likely N-dealkylation sites (tertiary alicyclic amines) is 1. The standard InChI is InChI=1S/C31H32N6O5/c1-35-23-6-5-7-26(41-3)21(23)15-24(35)31(40)33-22-9-8-19(14-27(22)42-4)30-34-29(25-16-32-11-13-37(25,30)2)20-10-12-36(17-20)28(39)18-38/h5-9,11,13-16,20,38H,10,12,17-18H2,1-4H3/p+1. The first-order chi connectivity index (χ1) is 20.3. The molecule has 2 aromatic carbocycles. The van der Waals surface area contributed by atoms with E-state index in [2.05, 4.69) is 10.3 Å². The summed E-state index contributed by atoms with van der Waals surface area (Å²) in [4.78, 5) is 36.7. The van der Waals surface area contributed by atoms with Crippen molar-refractivity contribution in [2.75, 3.05) is 46.3 Å². The highest BCUT2D eigenvalue weighted by Gasteiger charge is 2.45. The molecule has 6 rings (SSSR count). The van der Waals surface area contributed by atoms with Gasteiger partial charge in [-0.2, -0.15) is 4.99 Å². The van der Waals surface area contributed by atoms with Gasteiger partial charge >= 0.3 is 0 Å². The summed E-state index contributed by atoms with van der Waals surface area (Å²) in [7, 11) is 7.07. The average Bonchev–Trinajstić information content (AvgIpc) is 3.71. The maximum absolute atomic E-state index is 13.4. The Bertz CT molecular complexity index is 1730. The number of anilines is 1. The van der Waals surface area contributed by atoms with Gasteiger partial charge in [0.2, 0.25) is 11.7 Å². The van der Waals surface area contributed by atoms with Gasteiger partial charge in [-0.3, -0.25) is 14.6 Å². The van der Waals surface area contributed by atoms with Crippen LogP contribution < -0.4 is 14.8 Å². The minimum Gasteiger partial charge on any atom is -0.496 e. The number of benzene rings is 2. The number of aliphatic hydroxyl groups is 1. The normalized spacial score (nSPS) is 21.1. The van der Waals surface area contributed by atoms with Gasteiger partial charge in [0.15, 0.2) is 5.70 Å². The zero-order valence-corrected chi connectivity index (χ0v) is 24.0. The number of allylic oxidation sites excluding steroid dienone is 1. The number of aromatic nitrogens is 1. The number of ether oxygens (including phenoxy) is 2. The van der Waals surface area contributed by atoms with E-state index < -0.39 is 6.61 Å². The Hall–Kier alpha value is -4.74. The Kier molecular flexibility index (Phi) is 6.91. The van der Waals surface area contributed by atoms with Gasteiger partial charge in [0, 0.05) is 31.4 Å². The second-order valence-corrected chi connectivity index (χ2v) is 10.7. The molecule has 1 saturated heterocycles. The molecule has 42 heavy (non-hydrogen) atoms. The predicted molar refractivity (Wildman–Crippen MR) is 160 cm³/mol. The Balaban J connectivity index is 1.30. The summed E-state index contributed by atoms with van der Waals surface area (Å²) in [6, 6.07) is 13.1. The Morgan fingerprint density at radius 2 is 1.95 bits per heavy atom. The van der Waals surface area contributed by atoms with Gasteiger partial charge in [0.25, 0.3) is 5.91 Å². The predicted octanol–water partition coefficient (Wildman–Crippen LogP) is 3.26. The number of nitrogens with zero attached hydrogens (tertiary/aromatic N) is 5. The molecule has 216 valence electrons. The van der Waals surface area contributed by atoms with Crippen LogP contribution in [0.4, 0.5) is 5.69 Å². The molecule has 4 heterocycles. The molecule has 1 fully saturated rings. The molecule has 0 radical (unpaired) electrons. The quantitative estimate of drug-likeness (QED) is 0.424. The second-order valence-electron chi connectivity index (χ2n) is 10.7. The van der Waals surface area contributed by atoms with Crippen LogP contribution in [0.5, 0.6) is 11.5 Å². The summed E-state index contributed by atoms with van der Waals surface area (Å²) in [5.41, 5.74) is 4.56. The molecule has 0 aliphatic carbocycles. The Morgan fingerprint density at radius 3 is 2.71 bits per heavy atom. The van der Waals surface area contributed by atoms with Gasteiger partial charge in [0.05, 0.1) is 50.4 Å². The highest BCUT2D eigenvalue weighted by molar-refractivity contribution is 6.08. The van der Waals surface area contributed by atoms with Crippen LogP contribution in [0.25, 0.3) is 10.9 Å². The number of hydrogen-bond acceptors (Lipinski definition) is 7. The molecule has 0 bridgehead atoms. The van der Waals surface area contributed by atoms with E-state index in [1.54, 1.807) is 25.3 Å². The van der Waals surface area contributed by atoms with Crippen molar-refractivity contribution in [3.63, 3.8) is 0 Å². The van der Waals surface area contributed by atoms with Crippen molar-refractivity contribution in [3.05, 3.63) is 77.5 Å². The zero-order valence-electron chi connectivity index (χ0n) is 24.0. The van der Waals surface area contributed by atoms with Crippen LogP contribution in [0.1, 0.15) is 22.5 Å². The second kappa shape index (κ2) is 10.6. The third-order valence-electron chi connectivity index (χ3n) is 8.35. The molecule has 11 nitrogen and oxygen atoms in total. The molecule has 2 N–H and O–H groups in total. The van der Waals surface area contributed by atoms with E-state index in [0.717, 1.165) is 40.1 Å².